The van der Waals surface area contributed by atoms with Crippen LogP contribution in [-0.4, -0.2) is 53.4 Å². The minimum Gasteiger partial charge on any atom is -0.392 e. The average Bonchev–Trinajstić information content (AvgIpc) is 3.36. The number of carbonyl (C=O) groups excluding carboxylic acids is 2. The van der Waals surface area contributed by atoms with Gasteiger partial charge in [0.1, 0.15) is 11.0 Å². The van der Waals surface area contributed by atoms with E-state index in [1.54, 1.807) is 12.1 Å². The Bertz CT molecular complexity index is 1280. The second-order valence-electron chi connectivity index (χ2n) is 11.7. The van der Waals surface area contributed by atoms with Crippen LogP contribution in [0.4, 0.5) is 0 Å². The van der Waals surface area contributed by atoms with Crippen LogP contribution in [0.1, 0.15) is 88.1 Å². The number of fused-ring (bicyclic) bond motifs is 1. The summed E-state index contributed by atoms with van der Waals surface area (Å²) in [7, 11) is 3.75. The maximum atomic E-state index is 11.2. The third-order valence-electron chi connectivity index (χ3n) is 5.76. The summed E-state index contributed by atoms with van der Waals surface area (Å²) in [5, 5.41) is 21.1. The highest BCUT2D eigenvalue weighted by atomic mass is 16.3. The highest BCUT2D eigenvalue weighted by molar-refractivity contribution is 5.96. The van der Waals surface area contributed by atoms with E-state index in [1.165, 1.54) is 10.4 Å². The number of hydrogen-bond acceptors (Lipinski definition) is 6. The van der Waals surface area contributed by atoms with E-state index in [-0.39, 0.29) is 28.6 Å². The highest BCUT2D eigenvalue weighted by Gasteiger charge is 2.28. The van der Waals surface area contributed by atoms with Crippen molar-refractivity contribution in [3.63, 3.8) is 0 Å². The molecule has 0 spiro atoms. The number of allylic oxidation sites excluding steroid dienone is 4. The van der Waals surface area contributed by atoms with Crippen molar-refractivity contribution in [1.29, 1.82) is 0 Å². The van der Waals surface area contributed by atoms with Gasteiger partial charge in [-0.05, 0) is 74.5 Å². The SMILES string of the molecule is C=C(/C=C(\C=C(\C)CO)C(C)(C)CC(C)(C)C)n1nc2cc(C=O)c(C=O)cc2n1.CC.CNC.Cc1ccccc1. The number of benzene rings is 2. The summed E-state index contributed by atoms with van der Waals surface area (Å²) in [4.78, 5) is 23.8. The molecular weight excluding hydrogens is 524 g/mol. The van der Waals surface area contributed by atoms with E-state index in [9.17, 15) is 14.7 Å². The Kier molecular flexibility index (Phi) is 17.1. The van der Waals surface area contributed by atoms with Crippen molar-refractivity contribution in [1.82, 2.24) is 20.3 Å². The zero-order valence-corrected chi connectivity index (χ0v) is 27.6. The number of nitrogens with one attached hydrogen (secondary N) is 1. The van der Waals surface area contributed by atoms with Gasteiger partial charge in [-0.25, -0.2) is 0 Å². The van der Waals surface area contributed by atoms with Crippen molar-refractivity contribution in [3.05, 3.63) is 89.0 Å². The maximum absolute atomic E-state index is 11.2. The number of aliphatic hydroxyl groups is 1. The maximum Gasteiger partial charge on any atom is 0.150 e. The van der Waals surface area contributed by atoms with Gasteiger partial charge < -0.3 is 10.4 Å². The lowest BCUT2D eigenvalue weighted by Gasteiger charge is -2.34. The predicted molar refractivity (Wildman–Crippen MR) is 178 cm³/mol. The van der Waals surface area contributed by atoms with Crippen LogP contribution in [0.5, 0.6) is 0 Å². The third kappa shape index (κ3) is 13.3. The molecule has 42 heavy (non-hydrogen) atoms. The van der Waals surface area contributed by atoms with Crippen LogP contribution in [-0.2, 0) is 0 Å². The molecule has 0 bridgehead atoms. The fourth-order valence-corrected chi connectivity index (χ4v) is 4.27. The van der Waals surface area contributed by atoms with Gasteiger partial charge >= 0.3 is 0 Å². The zero-order chi connectivity index (χ0) is 32.5. The van der Waals surface area contributed by atoms with Gasteiger partial charge in [-0.2, -0.15) is 4.80 Å². The normalized spacial score (nSPS) is 11.7. The van der Waals surface area contributed by atoms with Crippen molar-refractivity contribution in [2.45, 2.75) is 68.7 Å². The fourth-order valence-electron chi connectivity index (χ4n) is 4.27. The van der Waals surface area contributed by atoms with Crippen LogP contribution >= 0.6 is 0 Å². The summed E-state index contributed by atoms with van der Waals surface area (Å²) >= 11 is 0. The van der Waals surface area contributed by atoms with Crippen molar-refractivity contribution in [2.75, 3.05) is 20.7 Å². The number of carbonyl (C=O) groups is 2. The van der Waals surface area contributed by atoms with Gasteiger partial charge in [-0.3, -0.25) is 9.59 Å². The summed E-state index contributed by atoms with van der Waals surface area (Å²) in [5.41, 5.74) is 5.23. The summed E-state index contributed by atoms with van der Waals surface area (Å²) < 4.78 is 0. The lowest BCUT2D eigenvalue weighted by atomic mass is 9.71. The number of aldehydes is 2. The number of rotatable bonds is 8. The van der Waals surface area contributed by atoms with Gasteiger partial charge in [0.25, 0.3) is 0 Å². The molecule has 0 aliphatic carbocycles. The van der Waals surface area contributed by atoms with Gasteiger partial charge in [0.2, 0.25) is 0 Å². The molecule has 1 aromatic heterocycles. The number of aliphatic hydroxyl groups excluding tert-OH is 1. The summed E-state index contributed by atoms with van der Waals surface area (Å²) in [6.45, 7) is 23.0. The molecule has 230 valence electrons. The molecule has 0 atom stereocenters. The molecule has 3 rings (SSSR count). The quantitative estimate of drug-likeness (QED) is 0.211. The van der Waals surface area contributed by atoms with Crippen molar-refractivity contribution in [2.24, 2.45) is 10.8 Å². The summed E-state index contributed by atoms with van der Waals surface area (Å²) in [5.74, 6) is 0. The first-order valence-electron chi connectivity index (χ1n) is 14.3. The minimum absolute atomic E-state index is 0.0255. The lowest BCUT2D eigenvalue weighted by Crippen LogP contribution is -2.23. The van der Waals surface area contributed by atoms with E-state index >= 15 is 0 Å². The first-order valence-corrected chi connectivity index (χ1v) is 14.3. The van der Waals surface area contributed by atoms with E-state index in [4.69, 9.17) is 0 Å². The molecule has 0 unspecified atom stereocenters. The van der Waals surface area contributed by atoms with Gasteiger partial charge in [-0.15, -0.1) is 10.2 Å². The fraction of sp³-hybridized carbons (Fsp3) is 0.429. The van der Waals surface area contributed by atoms with E-state index in [2.05, 4.69) is 75.8 Å². The Labute approximate surface area is 253 Å². The molecule has 2 N–H and O–H groups in total. The minimum atomic E-state index is -0.181. The Morgan fingerprint density at radius 1 is 0.929 bits per heavy atom. The van der Waals surface area contributed by atoms with Crippen LogP contribution in [0.2, 0.25) is 0 Å². The third-order valence-corrected chi connectivity index (χ3v) is 5.76. The molecule has 3 aromatic rings. The van der Waals surface area contributed by atoms with Crippen molar-refractivity contribution in [3.8, 4) is 0 Å². The van der Waals surface area contributed by atoms with Crippen molar-refractivity contribution >= 4 is 29.3 Å². The highest BCUT2D eigenvalue weighted by Crippen LogP contribution is 2.40. The number of aromatic nitrogens is 3. The van der Waals surface area contributed by atoms with E-state index < -0.39 is 0 Å². The largest absolute Gasteiger partial charge is 0.392 e. The van der Waals surface area contributed by atoms with Crippen molar-refractivity contribution < 1.29 is 14.7 Å². The number of aryl methyl sites for hydroxylation is 1. The standard InChI is InChI=1S/C24H31N3O3.C7H8.C2H7N.C2H6/c1-16(12-28)8-20(24(6,7)15-23(3,4)5)9-17(2)27-25-21-10-18(13-29)19(14-30)11-22(21)26-27;1-7-5-3-2-4-6-7;1-3-2;1-2/h8-11,13-14,28H,2,12,15H2,1,3-7H3;2-6H,1H3;3H,1-2H3;1-2H3/b16-8-,20-9+;;;. The van der Waals surface area contributed by atoms with Gasteiger partial charge in [0.15, 0.2) is 12.6 Å². The van der Waals surface area contributed by atoms with E-state index in [0.717, 1.165) is 17.6 Å². The van der Waals surface area contributed by atoms with Gasteiger partial charge in [0.05, 0.1) is 12.3 Å². The Morgan fingerprint density at radius 2 is 1.38 bits per heavy atom. The van der Waals surface area contributed by atoms with Gasteiger partial charge in [-0.1, -0.05) is 97.0 Å². The number of hydrogen-bond donors (Lipinski definition) is 2. The second kappa shape index (κ2) is 18.7. The molecule has 7 nitrogen and oxygen atoms in total. The molecule has 0 aliphatic rings. The first-order chi connectivity index (χ1) is 19.7. The topological polar surface area (TPSA) is 97.1 Å². The van der Waals surface area contributed by atoms with Crippen LogP contribution in [0.15, 0.2) is 72.3 Å². The van der Waals surface area contributed by atoms with Crippen LogP contribution < -0.4 is 5.32 Å². The zero-order valence-electron chi connectivity index (χ0n) is 27.6. The monoisotopic (exact) mass is 576 g/mol. The first kappa shape index (κ1) is 38.3. The molecule has 0 radical (unpaired) electrons. The van der Waals surface area contributed by atoms with E-state index in [0.29, 0.717) is 29.3 Å². The lowest BCUT2D eigenvalue weighted by molar-refractivity contribution is 0.109. The Morgan fingerprint density at radius 3 is 1.71 bits per heavy atom. The molecular formula is C35H52N4O3. The molecule has 7 heteroatoms. The molecule has 0 fully saturated rings. The Hall–Kier alpha value is -3.68. The molecule has 2 aromatic carbocycles. The molecule has 0 amide bonds. The number of nitrogens with zero attached hydrogens (tertiary/aromatic N) is 3. The smallest absolute Gasteiger partial charge is 0.150 e. The van der Waals surface area contributed by atoms with Crippen LogP contribution in [0, 0.1) is 17.8 Å². The average molecular weight is 577 g/mol. The molecule has 0 saturated heterocycles. The summed E-state index contributed by atoms with van der Waals surface area (Å²) in [6, 6.07) is 13.4. The summed E-state index contributed by atoms with van der Waals surface area (Å²) in [6.07, 6.45) is 6.09. The van der Waals surface area contributed by atoms with Gasteiger partial charge in [0, 0.05) is 11.1 Å². The predicted octanol–water partition coefficient (Wildman–Crippen LogP) is 7.71. The Balaban J connectivity index is 0.00000117. The second-order valence-corrected chi connectivity index (χ2v) is 11.7. The molecule has 0 saturated carbocycles. The van der Waals surface area contributed by atoms with Crippen LogP contribution in [0.3, 0.4) is 0 Å². The van der Waals surface area contributed by atoms with Crippen LogP contribution in [0.25, 0.3) is 16.7 Å². The molecule has 0 aliphatic heterocycles. The molecule has 1 heterocycles. The van der Waals surface area contributed by atoms with E-state index in [1.807, 2.05) is 65.2 Å².